The number of likely N-dealkylation sites (N-methyl/N-ethyl adjacent to an activating group) is 1. The highest BCUT2D eigenvalue weighted by atomic mass is 35.5. The van der Waals surface area contributed by atoms with Crippen LogP contribution in [-0.4, -0.2) is 44.3 Å². The maximum Gasteiger partial charge on any atom is 0.264 e. The molecule has 0 bridgehead atoms. The van der Waals surface area contributed by atoms with Crippen molar-refractivity contribution in [2.45, 2.75) is 44.7 Å². The second-order valence-corrected chi connectivity index (χ2v) is 12.5. The number of anilines is 1. The molecule has 0 aliphatic rings. The van der Waals surface area contributed by atoms with E-state index in [1.54, 1.807) is 44.2 Å². The third-order valence-electron chi connectivity index (χ3n) is 6.19. The molecular formula is C28H29Cl4N3O4S. The maximum absolute atomic E-state index is 14.1. The molecule has 40 heavy (non-hydrogen) atoms. The lowest BCUT2D eigenvalue weighted by atomic mass is 10.1. The topological polar surface area (TPSA) is 86.8 Å². The first-order valence-corrected chi connectivity index (χ1v) is 15.4. The average molecular weight is 645 g/mol. The van der Waals surface area contributed by atoms with Gasteiger partial charge in [-0.1, -0.05) is 77.1 Å². The molecule has 3 aromatic rings. The predicted molar refractivity (Wildman–Crippen MR) is 162 cm³/mol. The van der Waals surface area contributed by atoms with Gasteiger partial charge in [0.05, 0.1) is 15.6 Å². The van der Waals surface area contributed by atoms with E-state index >= 15 is 0 Å². The fourth-order valence-corrected chi connectivity index (χ4v) is 6.47. The van der Waals surface area contributed by atoms with Crippen LogP contribution in [0.25, 0.3) is 0 Å². The van der Waals surface area contributed by atoms with Gasteiger partial charge in [-0.05, 0) is 62.7 Å². The number of aryl methyl sites for hydroxylation is 1. The zero-order valence-corrected chi connectivity index (χ0v) is 26.0. The number of hydrogen-bond donors (Lipinski definition) is 1. The summed E-state index contributed by atoms with van der Waals surface area (Å²) < 4.78 is 28.8. The van der Waals surface area contributed by atoms with Gasteiger partial charge in [0.15, 0.2) is 0 Å². The molecule has 0 aromatic heterocycles. The highest BCUT2D eigenvalue weighted by Crippen LogP contribution is 2.34. The first-order valence-electron chi connectivity index (χ1n) is 12.4. The van der Waals surface area contributed by atoms with E-state index in [0.29, 0.717) is 22.2 Å². The molecule has 0 fully saturated rings. The Labute approximate surface area is 255 Å². The van der Waals surface area contributed by atoms with Crippen LogP contribution < -0.4 is 9.62 Å². The number of benzene rings is 3. The van der Waals surface area contributed by atoms with Crippen molar-refractivity contribution in [2.75, 3.05) is 17.4 Å². The molecule has 0 aliphatic heterocycles. The summed E-state index contributed by atoms with van der Waals surface area (Å²) in [6.07, 6.45) is 0.252. The van der Waals surface area contributed by atoms with Crippen LogP contribution in [0.5, 0.6) is 0 Å². The molecule has 1 atom stereocenters. The lowest BCUT2D eigenvalue weighted by Crippen LogP contribution is -2.52. The van der Waals surface area contributed by atoms with Gasteiger partial charge in [0.1, 0.15) is 12.6 Å². The van der Waals surface area contributed by atoms with Gasteiger partial charge in [0.25, 0.3) is 10.0 Å². The Morgan fingerprint density at radius 3 is 2.10 bits per heavy atom. The second kappa shape index (κ2) is 13.9. The molecule has 0 radical (unpaired) electrons. The number of hydrogen-bond acceptors (Lipinski definition) is 4. The fourth-order valence-electron chi connectivity index (χ4n) is 4.09. The highest BCUT2D eigenvalue weighted by molar-refractivity contribution is 7.92. The Morgan fingerprint density at radius 1 is 0.900 bits per heavy atom. The van der Waals surface area contributed by atoms with E-state index < -0.39 is 34.4 Å². The second-order valence-electron chi connectivity index (χ2n) is 8.96. The summed E-state index contributed by atoms with van der Waals surface area (Å²) in [5.41, 5.74) is 1.30. The number of carbonyl (C=O) groups excluding carboxylic acids is 2. The zero-order chi connectivity index (χ0) is 29.6. The molecule has 1 N–H and O–H groups in total. The standard InChI is InChI=1S/C28H29Cl4N3O4S/c1-4-25(28(37)33-5-2)34(16-21-22(30)7-6-8-23(21)31)27(36)17-35(26-15-19(29)11-14-24(26)32)40(38,39)20-12-9-18(3)10-13-20/h6-15,25H,4-5,16-17H2,1-3H3,(H,33,37)/t25-/m1/s1. The minimum absolute atomic E-state index is 0.0184. The summed E-state index contributed by atoms with van der Waals surface area (Å²) in [5.74, 6) is -1.06. The molecule has 12 heteroatoms. The average Bonchev–Trinajstić information content (AvgIpc) is 2.90. The molecule has 214 valence electrons. The van der Waals surface area contributed by atoms with Crippen LogP contribution in [0.2, 0.25) is 20.1 Å². The van der Waals surface area contributed by atoms with Crippen molar-refractivity contribution in [1.29, 1.82) is 0 Å². The Morgan fingerprint density at radius 2 is 1.52 bits per heavy atom. The molecule has 0 aliphatic carbocycles. The number of halogens is 4. The molecule has 0 spiro atoms. The van der Waals surface area contributed by atoms with Crippen molar-refractivity contribution in [3.05, 3.63) is 91.9 Å². The summed E-state index contributed by atoms with van der Waals surface area (Å²) in [7, 11) is -4.30. The van der Waals surface area contributed by atoms with Crippen LogP contribution in [0.15, 0.2) is 65.6 Å². The number of amides is 2. The van der Waals surface area contributed by atoms with E-state index in [9.17, 15) is 18.0 Å². The molecule has 0 saturated carbocycles. The quantitative estimate of drug-likeness (QED) is 0.250. The van der Waals surface area contributed by atoms with E-state index in [2.05, 4.69) is 5.32 Å². The molecule has 0 heterocycles. The van der Waals surface area contributed by atoms with Crippen molar-refractivity contribution in [1.82, 2.24) is 10.2 Å². The van der Waals surface area contributed by atoms with E-state index in [1.165, 1.54) is 35.2 Å². The Kier molecular flexibility index (Phi) is 11.1. The zero-order valence-electron chi connectivity index (χ0n) is 22.1. The summed E-state index contributed by atoms with van der Waals surface area (Å²) in [5, 5.41) is 3.65. The van der Waals surface area contributed by atoms with Gasteiger partial charge in [-0.3, -0.25) is 13.9 Å². The molecule has 3 aromatic carbocycles. The van der Waals surface area contributed by atoms with Gasteiger partial charge in [0, 0.05) is 33.7 Å². The van der Waals surface area contributed by atoms with Crippen LogP contribution in [0.1, 0.15) is 31.4 Å². The van der Waals surface area contributed by atoms with Crippen molar-refractivity contribution in [3.63, 3.8) is 0 Å². The van der Waals surface area contributed by atoms with Gasteiger partial charge in [-0.25, -0.2) is 8.42 Å². The molecule has 0 unspecified atom stereocenters. The summed E-state index contributed by atoms with van der Waals surface area (Å²) in [6.45, 7) is 4.89. The van der Waals surface area contributed by atoms with Gasteiger partial charge >= 0.3 is 0 Å². The fraction of sp³-hybridized carbons (Fsp3) is 0.286. The minimum Gasteiger partial charge on any atom is -0.355 e. The molecule has 3 rings (SSSR count). The van der Waals surface area contributed by atoms with E-state index in [0.717, 1.165) is 9.87 Å². The van der Waals surface area contributed by atoms with Crippen LogP contribution in [0, 0.1) is 6.92 Å². The lowest BCUT2D eigenvalue weighted by Gasteiger charge is -2.33. The summed E-state index contributed by atoms with van der Waals surface area (Å²) in [4.78, 5) is 28.4. The van der Waals surface area contributed by atoms with Crippen molar-refractivity contribution in [3.8, 4) is 0 Å². The monoisotopic (exact) mass is 643 g/mol. The van der Waals surface area contributed by atoms with Crippen LogP contribution in [0.4, 0.5) is 5.69 Å². The van der Waals surface area contributed by atoms with E-state index in [4.69, 9.17) is 46.4 Å². The maximum atomic E-state index is 14.1. The molecule has 7 nitrogen and oxygen atoms in total. The SMILES string of the molecule is CCNC(=O)[C@@H](CC)N(Cc1c(Cl)cccc1Cl)C(=O)CN(c1cc(Cl)ccc1Cl)S(=O)(=O)c1ccc(C)cc1. The lowest BCUT2D eigenvalue weighted by molar-refractivity contribution is -0.140. The summed E-state index contributed by atoms with van der Waals surface area (Å²) >= 11 is 25.5. The number of nitrogens with one attached hydrogen (secondary N) is 1. The number of nitrogens with zero attached hydrogens (tertiary/aromatic N) is 2. The van der Waals surface area contributed by atoms with Crippen molar-refractivity contribution >= 4 is 73.9 Å². The highest BCUT2D eigenvalue weighted by Gasteiger charge is 2.35. The molecule has 2 amide bonds. The van der Waals surface area contributed by atoms with Crippen LogP contribution in [-0.2, 0) is 26.2 Å². The van der Waals surface area contributed by atoms with Gasteiger partial charge in [-0.15, -0.1) is 0 Å². The Balaban J connectivity index is 2.14. The van der Waals surface area contributed by atoms with E-state index in [-0.39, 0.29) is 33.6 Å². The number of carbonyl (C=O) groups is 2. The van der Waals surface area contributed by atoms with Crippen LogP contribution >= 0.6 is 46.4 Å². The predicted octanol–water partition coefficient (Wildman–Crippen LogP) is 6.75. The van der Waals surface area contributed by atoms with Gasteiger partial charge in [0.2, 0.25) is 11.8 Å². The molecular weight excluding hydrogens is 616 g/mol. The first kappa shape index (κ1) is 32.0. The van der Waals surface area contributed by atoms with Crippen LogP contribution in [0.3, 0.4) is 0 Å². The minimum atomic E-state index is -4.30. The largest absolute Gasteiger partial charge is 0.355 e. The van der Waals surface area contributed by atoms with Gasteiger partial charge < -0.3 is 10.2 Å². The normalized spacial score (nSPS) is 12.1. The number of rotatable bonds is 11. The van der Waals surface area contributed by atoms with Crippen molar-refractivity contribution in [2.24, 2.45) is 0 Å². The third-order valence-corrected chi connectivity index (χ3v) is 9.23. The summed E-state index contributed by atoms with van der Waals surface area (Å²) in [6, 6.07) is 14.5. The first-order chi connectivity index (χ1) is 18.9. The Hall–Kier alpha value is -2.49. The van der Waals surface area contributed by atoms with Gasteiger partial charge in [-0.2, -0.15) is 0 Å². The van der Waals surface area contributed by atoms with Crippen molar-refractivity contribution < 1.29 is 18.0 Å². The Bertz CT molecular complexity index is 1460. The van der Waals surface area contributed by atoms with E-state index in [1.807, 2.05) is 6.92 Å². The molecule has 0 saturated heterocycles. The smallest absolute Gasteiger partial charge is 0.264 e. The number of sulfonamides is 1. The third kappa shape index (κ3) is 7.42.